The topological polar surface area (TPSA) is 43.7 Å². The summed E-state index contributed by atoms with van der Waals surface area (Å²) in [5.74, 6) is 1.33. The molecule has 0 radical (unpaired) electrons. The normalized spacial score (nSPS) is 28.3. The quantitative estimate of drug-likeness (QED) is 0.311. The van der Waals surface area contributed by atoms with Crippen LogP contribution in [0.5, 0.6) is 0 Å². The molecule has 5 atom stereocenters. The third-order valence-corrected chi connectivity index (χ3v) is 6.98. The Morgan fingerprint density at radius 3 is 2.61 bits per heavy atom. The van der Waals surface area contributed by atoms with E-state index in [1.807, 2.05) is 6.08 Å². The first-order valence-electron chi connectivity index (χ1n) is 12.0. The van der Waals surface area contributed by atoms with E-state index in [4.69, 9.17) is 0 Å². The molecule has 0 unspecified atom stereocenters. The van der Waals surface area contributed by atoms with Gasteiger partial charge in [-0.15, -0.1) is 0 Å². The Labute approximate surface area is 173 Å². The highest BCUT2D eigenvalue weighted by Gasteiger charge is 2.43. The SMILES string of the molecule is CCCCC[C@@H](O)/C=C/[C@@H]1[C@H]2CC(CCCCCN(CC)CC)=C[C@H]2C[C@H]1O. The highest BCUT2D eigenvalue weighted by Crippen LogP contribution is 2.48. The summed E-state index contributed by atoms with van der Waals surface area (Å²) in [7, 11) is 0. The molecule has 0 heterocycles. The summed E-state index contributed by atoms with van der Waals surface area (Å²) < 4.78 is 0. The number of hydrogen-bond acceptors (Lipinski definition) is 3. The Morgan fingerprint density at radius 1 is 1.11 bits per heavy atom. The average molecular weight is 392 g/mol. The molecule has 0 amide bonds. The molecular formula is C25H45NO2. The van der Waals surface area contributed by atoms with Crippen LogP contribution in [-0.2, 0) is 0 Å². The van der Waals surface area contributed by atoms with Crippen LogP contribution in [0.2, 0.25) is 0 Å². The monoisotopic (exact) mass is 391 g/mol. The largest absolute Gasteiger partial charge is 0.392 e. The van der Waals surface area contributed by atoms with Gasteiger partial charge in [0.1, 0.15) is 0 Å². The molecule has 0 aromatic rings. The number of unbranched alkanes of at least 4 members (excludes halogenated alkanes) is 4. The smallest absolute Gasteiger partial charge is 0.0721 e. The number of hydrogen-bond donors (Lipinski definition) is 2. The summed E-state index contributed by atoms with van der Waals surface area (Å²) in [6, 6.07) is 0. The number of aliphatic hydroxyl groups excluding tert-OH is 2. The number of allylic oxidation sites excluding steroid dienone is 2. The van der Waals surface area contributed by atoms with E-state index in [9.17, 15) is 10.2 Å². The third-order valence-electron chi connectivity index (χ3n) is 6.98. The van der Waals surface area contributed by atoms with Crippen molar-refractivity contribution in [1.29, 1.82) is 0 Å². The first-order valence-corrected chi connectivity index (χ1v) is 12.0. The molecule has 0 spiro atoms. The van der Waals surface area contributed by atoms with Crippen LogP contribution >= 0.6 is 0 Å². The molecule has 0 aromatic carbocycles. The number of fused-ring (bicyclic) bond motifs is 1. The molecule has 2 N–H and O–H groups in total. The summed E-state index contributed by atoms with van der Waals surface area (Å²) >= 11 is 0. The maximum absolute atomic E-state index is 10.5. The van der Waals surface area contributed by atoms with Crippen LogP contribution in [0.15, 0.2) is 23.8 Å². The maximum atomic E-state index is 10.5. The van der Waals surface area contributed by atoms with Crippen LogP contribution in [0, 0.1) is 17.8 Å². The zero-order valence-corrected chi connectivity index (χ0v) is 18.7. The number of aliphatic hydroxyl groups is 2. The van der Waals surface area contributed by atoms with Gasteiger partial charge < -0.3 is 15.1 Å². The van der Waals surface area contributed by atoms with Gasteiger partial charge in [-0.2, -0.15) is 0 Å². The minimum Gasteiger partial charge on any atom is -0.392 e. The Bertz CT molecular complexity index is 483. The van der Waals surface area contributed by atoms with Crippen molar-refractivity contribution < 1.29 is 10.2 Å². The minimum atomic E-state index is -0.350. The van der Waals surface area contributed by atoms with Gasteiger partial charge in [0, 0.05) is 5.92 Å². The van der Waals surface area contributed by atoms with Crippen molar-refractivity contribution in [2.45, 2.75) is 97.2 Å². The van der Waals surface area contributed by atoms with Gasteiger partial charge in [0.15, 0.2) is 0 Å². The summed E-state index contributed by atoms with van der Waals surface area (Å²) in [6.07, 6.45) is 17.5. The predicted molar refractivity (Wildman–Crippen MR) is 119 cm³/mol. The van der Waals surface area contributed by atoms with Gasteiger partial charge in [-0.1, -0.05) is 70.3 Å². The van der Waals surface area contributed by atoms with Gasteiger partial charge >= 0.3 is 0 Å². The van der Waals surface area contributed by atoms with E-state index in [2.05, 4.69) is 37.8 Å². The second-order valence-electron chi connectivity index (χ2n) is 9.02. The molecule has 3 nitrogen and oxygen atoms in total. The fraction of sp³-hybridized carbons (Fsp3) is 0.840. The lowest BCUT2D eigenvalue weighted by Gasteiger charge is -2.19. The first kappa shape index (κ1) is 23.6. The first-order chi connectivity index (χ1) is 13.6. The molecule has 2 rings (SSSR count). The highest BCUT2D eigenvalue weighted by atomic mass is 16.3. The molecule has 1 saturated carbocycles. The van der Waals surface area contributed by atoms with Crippen LogP contribution in [0.4, 0.5) is 0 Å². The summed E-state index contributed by atoms with van der Waals surface area (Å²) in [5, 5.41) is 20.7. The molecule has 3 heteroatoms. The Hall–Kier alpha value is -0.640. The number of rotatable bonds is 14. The Balaban J connectivity index is 1.71. The van der Waals surface area contributed by atoms with E-state index < -0.39 is 0 Å². The lowest BCUT2D eigenvalue weighted by Crippen LogP contribution is -2.23. The van der Waals surface area contributed by atoms with Gasteiger partial charge in [-0.05, 0) is 70.0 Å². The Morgan fingerprint density at radius 2 is 1.89 bits per heavy atom. The van der Waals surface area contributed by atoms with E-state index in [-0.39, 0.29) is 18.1 Å². The molecule has 0 aliphatic heterocycles. The fourth-order valence-corrected chi connectivity index (χ4v) is 5.15. The van der Waals surface area contributed by atoms with E-state index in [1.165, 1.54) is 45.1 Å². The van der Waals surface area contributed by atoms with Crippen molar-refractivity contribution in [3.63, 3.8) is 0 Å². The highest BCUT2D eigenvalue weighted by molar-refractivity contribution is 5.20. The molecule has 0 aromatic heterocycles. The zero-order chi connectivity index (χ0) is 20.4. The standard InChI is InChI=1S/C25H45NO2/c1-4-7-9-13-22(27)14-15-23-24-18-20(17-21(24)19-25(23)28)12-10-8-11-16-26(5-2)6-3/h14-15,17,21-25,27-28H,4-13,16,18-19H2,1-3H3/b15-14+/t21-,22+,23+,24-,25+/m0/s1. The molecule has 2 aliphatic rings. The second-order valence-corrected chi connectivity index (χ2v) is 9.02. The molecule has 162 valence electrons. The summed E-state index contributed by atoms with van der Waals surface area (Å²) in [6.45, 7) is 10.2. The van der Waals surface area contributed by atoms with Gasteiger partial charge in [0.2, 0.25) is 0 Å². The Kier molecular flexibility index (Phi) is 10.8. The van der Waals surface area contributed by atoms with E-state index in [0.29, 0.717) is 11.8 Å². The molecule has 2 aliphatic carbocycles. The van der Waals surface area contributed by atoms with Crippen molar-refractivity contribution in [2.75, 3.05) is 19.6 Å². The summed E-state index contributed by atoms with van der Waals surface area (Å²) in [4.78, 5) is 2.51. The molecular weight excluding hydrogens is 346 g/mol. The average Bonchev–Trinajstić information content (AvgIpc) is 3.19. The molecule has 0 saturated heterocycles. The lowest BCUT2D eigenvalue weighted by atomic mass is 9.88. The van der Waals surface area contributed by atoms with Gasteiger partial charge in [0.05, 0.1) is 12.2 Å². The van der Waals surface area contributed by atoms with E-state index in [1.54, 1.807) is 5.57 Å². The maximum Gasteiger partial charge on any atom is 0.0721 e. The van der Waals surface area contributed by atoms with Crippen LogP contribution in [0.3, 0.4) is 0 Å². The lowest BCUT2D eigenvalue weighted by molar-refractivity contribution is 0.139. The van der Waals surface area contributed by atoms with E-state index >= 15 is 0 Å². The van der Waals surface area contributed by atoms with Gasteiger partial charge in [-0.25, -0.2) is 0 Å². The minimum absolute atomic E-state index is 0.224. The number of nitrogens with zero attached hydrogens (tertiary/aromatic N) is 1. The van der Waals surface area contributed by atoms with Crippen LogP contribution in [-0.4, -0.2) is 47.0 Å². The van der Waals surface area contributed by atoms with Crippen LogP contribution in [0.1, 0.15) is 85.0 Å². The molecule has 1 fully saturated rings. The second kappa shape index (κ2) is 12.8. The van der Waals surface area contributed by atoms with Crippen molar-refractivity contribution >= 4 is 0 Å². The van der Waals surface area contributed by atoms with Crippen molar-refractivity contribution in [3.05, 3.63) is 23.8 Å². The van der Waals surface area contributed by atoms with Crippen LogP contribution < -0.4 is 0 Å². The van der Waals surface area contributed by atoms with Crippen molar-refractivity contribution in [3.8, 4) is 0 Å². The molecule has 28 heavy (non-hydrogen) atoms. The fourth-order valence-electron chi connectivity index (χ4n) is 5.15. The van der Waals surface area contributed by atoms with Gasteiger partial charge in [0.25, 0.3) is 0 Å². The molecule has 0 bridgehead atoms. The third kappa shape index (κ3) is 7.31. The van der Waals surface area contributed by atoms with Gasteiger partial charge in [-0.3, -0.25) is 0 Å². The van der Waals surface area contributed by atoms with Crippen molar-refractivity contribution in [2.24, 2.45) is 17.8 Å². The van der Waals surface area contributed by atoms with Crippen LogP contribution in [0.25, 0.3) is 0 Å². The predicted octanol–water partition coefficient (Wildman–Crippen LogP) is 5.33. The van der Waals surface area contributed by atoms with E-state index in [0.717, 1.165) is 38.8 Å². The van der Waals surface area contributed by atoms with Crippen molar-refractivity contribution in [1.82, 2.24) is 4.90 Å². The zero-order valence-electron chi connectivity index (χ0n) is 18.7. The summed E-state index contributed by atoms with van der Waals surface area (Å²) in [5.41, 5.74) is 1.62.